The fourth-order valence-corrected chi connectivity index (χ4v) is 7.89. The van der Waals surface area contributed by atoms with E-state index in [1.807, 2.05) is 0 Å². The topological polar surface area (TPSA) is 122 Å². The summed E-state index contributed by atoms with van der Waals surface area (Å²) in [4.78, 5) is 50.6. The number of aromatic nitrogens is 1. The molecule has 1 unspecified atom stereocenters. The van der Waals surface area contributed by atoms with Gasteiger partial charge in [-0.15, -0.1) is 0 Å². The van der Waals surface area contributed by atoms with Gasteiger partial charge in [0.05, 0.1) is 32.0 Å². The Hall–Kier alpha value is -3.78. The predicted molar refractivity (Wildman–Crippen MR) is 196 cm³/mol. The van der Waals surface area contributed by atoms with Gasteiger partial charge in [0.2, 0.25) is 0 Å². The molecule has 2 fully saturated rings. The Bertz CT molecular complexity index is 1910. The van der Waals surface area contributed by atoms with Gasteiger partial charge in [0.1, 0.15) is 18.8 Å². The fraction of sp³-hybridized carbons (Fsp3) is 0.444. The molecule has 16 heteroatoms. The number of aryl methyl sites for hydroxylation is 1. The van der Waals surface area contributed by atoms with Crippen LogP contribution in [0.2, 0.25) is 15.1 Å². The van der Waals surface area contributed by atoms with Gasteiger partial charge in [-0.2, -0.15) is 0 Å². The number of carbonyl (C=O) groups excluding carboxylic acids is 2. The summed E-state index contributed by atoms with van der Waals surface area (Å²) in [6.45, 7) is 7.17. The quantitative estimate of drug-likeness (QED) is 0.204. The van der Waals surface area contributed by atoms with E-state index < -0.39 is 35.7 Å². The molecule has 0 spiro atoms. The van der Waals surface area contributed by atoms with E-state index in [2.05, 4.69) is 4.98 Å². The van der Waals surface area contributed by atoms with Crippen LogP contribution < -0.4 is 9.47 Å². The zero-order valence-electron chi connectivity index (χ0n) is 29.0. The van der Waals surface area contributed by atoms with Gasteiger partial charge in [-0.05, 0) is 75.8 Å². The minimum Gasteiger partial charge on any atom is -0.485 e. The van der Waals surface area contributed by atoms with E-state index in [9.17, 15) is 23.9 Å². The van der Waals surface area contributed by atoms with Crippen LogP contribution in [0.15, 0.2) is 42.1 Å². The second-order valence-corrected chi connectivity index (χ2v) is 16.1. The molecule has 1 aromatic heterocycles. The summed E-state index contributed by atoms with van der Waals surface area (Å²) in [6.07, 6.45) is 1.48. The molecule has 3 heterocycles. The molecule has 3 amide bonds. The third-order valence-corrected chi connectivity index (χ3v) is 11.3. The van der Waals surface area contributed by atoms with Crippen LogP contribution >= 0.6 is 46.1 Å². The summed E-state index contributed by atoms with van der Waals surface area (Å²) >= 11 is 20.3. The molecule has 0 radical (unpaired) electrons. The van der Waals surface area contributed by atoms with E-state index in [0.29, 0.717) is 31.6 Å². The number of fused-ring (bicyclic) bond motifs is 2. The van der Waals surface area contributed by atoms with Crippen molar-refractivity contribution in [2.24, 2.45) is 0 Å². The largest absolute Gasteiger partial charge is 0.485 e. The van der Waals surface area contributed by atoms with Crippen molar-refractivity contribution in [2.75, 3.05) is 26.3 Å². The molecule has 2 aromatic carbocycles. The molecule has 278 valence electrons. The summed E-state index contributed by atoms with van der Waals surface area (Å²) in [5, 5.41) is 11.6. The first-order valence-corrected chi connectivity index (χ1v) is 18.7. The molecule has 1 aliphatic carbocycles. The first-order chi connectivity index (χ1) is 24.6. The minimum absolute atomic E-state index is 0.0118. The molecular weight excluding hydrogens is 758 g/mol. The Kier molecular flexibility index (Phi) is 11.2. The van der Waals surface area contributed by atoms with Crippen LogP contribution in [0.5, 0.6) is 10.9 Å². The Labute approximate surface area is 319 Å². The van der Waals surface area contributed by atoms with Crippen molar-refractivity contribution < 1.29 is 38.1 Å². The van der Waals surface area contributed by atoms with Gasteiger partial charge >= 0.3 is 12.2 Å². The highest BCUT2D eigenvalue weighted by Crippen LogP contribution is 2.44. The molecule has 1 saturated heterocycles. The minimum atomic E-state index is -1.20. The maximum atomic E-state index is 14.9. The molecule has 52 heavy (non-hydrogen) atoms. The van der Waals surface area contributed by atoms with Crippen LogP contribution in [0, 0.1) is 12.7 Å². The summed E-state index contributed by atoms with van der Waals surface area (Å²) in [6, 6.07) is 6.32. The third-order valence-electron chi connectivity index (χ3n) is 8.95. The van der Waals surface area contributed by atoms with E-state index in [1.165, 1.54) is 27.2 Å². The lowest BCUT2D eigenvalue weighted by Gasteiger charge is -2.50. The number of carboxylic acid groups (broad SMARTS) is 1. The van der Waals surface area contributed by atoms with Crippen molar-refractivity contribution in [3.8, 4) is 10.9 Å². The highest BCUT2D eigenvalue weighted by Gasteiger charge is 2.50. The SMILES string of the molecule is Cc1ccc(F)c(OCCOc2ncc(C3=C(C(=O)N(Cc4cccc(Cl)c4Cl)C4CC4)[C@H]4CN(C(=O)OC(C)(C)C)CC(C3)N4C(=O)O)s2)c1Cl. The summed E-state index contributed by atoms with van der Waals surface area (Å²) in [7, 11) is 0. The molecule has 11 nitrogen and oxygen atoms in total. The highest BCUT2D eigenvalue weighted by molar-refractivity contribution is 7.14. The van der Waals surface area contributed by atoms with Gasteiger partial charge in [0.25, 0.3) is 11.1 Å². The van der Waals surface area contributed by atoms with Crippen LogP contribution in [-0.4, -0.2) is 92.9 Å². The van der Waals surface area contributed by atoms with Gasteiger partial charge in [0.15, 0.2) is 11.6 Å². The van der Waals surface area contributed by atoms with E-state index in [1.54, 1.807) is 63.1 Å². The van der Waals surface area contributed by atoms with Crippen LogP contribution in [-0.2, 0) is 16.1 Å². The number of rotatable bonds is 10. The van der Waals surface area contributed by atoms with E-state index >= 15 is 0 Å². The van der Waals surface area contributed by atoms with Crippen molar-refractivity contribution in [1.29, 1.82) is 0 Å². The van der Waals surface area contributed by atoms with Crippen molar-refractivity contribution >= 4 is 69.8 Å². The Balaban J connectivity index is 1.33. The number of hydrogen-bond donors (Lipinski definition) is 1. The molecule has 2 aliphatic heterocycles. The number of carbonyl (C=O) groups is 3. The Morgan fingerprint density at radius 3 is 2.48 bits per heavy atom. The lowest BCUT2D eigenvalue weighted by atomic mass is 9.83. The molecule has 6 rings (SSSR count). The van der Waals surface area contributed by atoms with Gasteiger partial charge in [-0.25, -0.2) is 19.0 Å². The van der Waals surface area contributed by atoms with Gasteiger partial charge < -0.3 is 29.1 Å². The lowest BCUT2D eigenvalue weighted by Crippen LogP contribution is -2.65. The smallest absolute Gasteiger partial charge is 0.410 e. The molecule has 3 aliphatic rings. The van der Waals surface area contributed by atoms with Crippen molar-refractivity contribution in [3.63, 3.8) is 0 Å². The summed E-state index contributed by atoms with van der Waals surface area (Å²) in [5.41, 5.74) is 1.42. The Morgan fingerprint density at radius 2 is 1.79 bits per heavy atom. The maximum Gasteiger partial charge on any atom is 0.410 e. The number of nitrogens with zero attached hydrogens (tertiary/aromatic N) is 4. The molecule has 1 saturated carbocycles. The number of halogens is 4. The second kappa shape index (κ2) is 15.3. The lowest BCUT2D eigenvalue weighted by molar-refractivity contribution is -0.129. The standard InChI is InChI=1S/C36H38Cl3FN4O7S/c1-19-8-11-25(40)31(29(19)38)49-12-13-50-33-41-15-27(52-33)23-14-22-17-42(35(48)51-36(2,3)4)18-26(44(22)34(46)47)28(23)32(45)43(21-9-10-21)16-20-6-5-7-24(37)30(20)39/h5-8,11,15,21-22,26H,9-10,12-14,16-18H2,1-4H3,(H,46,47)/t22?,26-/m1/s1. The molecule has 2 bridgehead atoms. The number of ether oxygens (including phenoxy) is 3. The van der Waals surface area contributed by atoms with E-state index in [-0.39, 0.29) is 72.8 Å². The number of hydrogen-bond acceptors (Lipinski definition) is 8. The maximum absolute atomic E-state index is 14.9. The fourth-order valence-electron chi connectivity index (χ4n) is 6.44. The summed E-state index contributed by atoms with van der Waals surface area (Å²) in [5.74, 6) is -1.01. The number of piperazine rings is 1. The average Bonchev–Trinajstić information content (AvgIpc) is 3.81. The number of thiazole rings is 1. The highest BCUT2D eigenvalue weighted by atomic mass is 35.5. The van der Waals surface area contributed by atoms with Crippen LogP contribution in [0.1, 0.15) is 56.0 Å². The molecular formula is C36H38Cl3FN4O7S. The van der Waals surface area contributed by atoms with E-state index in [4.69, 9.17) is 49.0 Å². The van der Waals surface area contributed by atoms with E-state index in [0.717, 1.165) is 12.8 Å². The predicted octanol–water partition coefficient (Wildman–Crippen LogP) is 8.33. The van der Waals surface area contributed by atoms with Crippen LogP contribution in [0.3, 0.4) is 0 Å². The average molecular weight is 796 g/mol. The second-order valence-electron chi connectivity index (χ2n) is 13.9. The van der Waals surface area contributed by atoms with Gasteiger partial charge in [-0.3, -0.25) is 9.69 Å². The zero-order chi connectivity index (χ0) is 37.5. The molecule has 2 atom stereocenters. The monoisotopic (exact) mass is 794 g/mol. The van der Waals surface area contributed by atoms with Gasteiger partial charge in [-0.1, -0.05) is 64.3 Å². The normalized spacial score (nSPS) is 18.7. The van der Waals surface area contributed by atoms with Gasteiger partial charge in [0, 0.05) is 37.4 Å². The number of amides is 3. The first kappa shape index (κ1) is 38.0. The summed E-state index contributed by atoms with van der Waals surface area (Å²) < 4.78 is 31.4. The van der Waals surface area contributed by atoms with Crippen molar-refractivity contribution in [2.45, 2.75) is 77.2 Å². The Morgan fingerprint density at radius 1 is 1.06 bits per heavy atom. The van der Waals surface area contributed by atoms with Crippen molar-refractivity contribution in [1.82, 2.24) is 19.7 Å². The molecule has 1 N–H and O–H groups in total. The third kappa shape index (κ3) is 8.22. The van der Waals surface area contributed by atoms with Crippen LogP contribution in [0.25, 0.3) is 5.57 Å². The molecule has 3 aromatic rings. The van der Waals surface area contributed by atoms with Crippen molar-refractivity contribution in [3.05, 3.63) is 79.0 Å². The first-order valence-electron chi connectivity index (χ1n) is 16.8. The van der Waals surface area contributed by atoms with Crippen LogP contribution in [0.4, 0.5) is 14.0 Å². The zero-order valence-corrected chi connectivity index (χ0v) is 32.0. The number of benzene rings is 2.